The van der Waals surface area contributed by atoms with E-state index >= 15 is 0 Å². The summed E-state index contributed by atoms with van der Waals surface area (Å²) in [6, 6.07) is 11.7. The van der Waals surface area contributed by atoms with E-state index in [1.165, 1.54) is 15.0 Å². The van der Waals surface area contributed by atoms with Gasteiger partial charge in [0.1, 0.15) is 6.54 Å². The summed E-state index contributed by atoms with van der Waals surface area (Å²) in [5.74, 6) is -0.353. The Balaban J connectivity index is 1.82. The minimum atomic E-state index is -0.580. The molecule has 0 spiro atoms. The largest absolute Gasteiger partial charge is 0.352 e. The molecule has 2 aromatic heterocycles. The molecule has 0 bridgehead atoms. The lowest BCUT2D eigenvalue weighted by Crippen LogP contribution is -2.30. The van der Waals surface area contributed by atoms with Crippen LogP contribution in [-0.4, -0.2) is 37.1 Å². The zero-order valence-corrected chi connectivity index (χ0v) is 21.0. The van der Waals surface area contributed by atoms with Crippen molar-refractivity contribution in [3.63, 3.8) is 0 Å². The second-order valence-corrected chi connectivity index (χ2v) is 9.60. The smallest absolute Gasteiger partial charge is 0.352 e. The van der Waals surface area contributed by atoms with Gasteiger partial charge in [0, 0.05) is 23.8 Å². The van der Waals surface area contributed by atoms with Gasteiger partial charge in [-0.25, -0.2) is 13.9 Å². The van der Waals surface area contributed by atoms with Crippen molar-refractivity contribution in [3.8, 4) is 0 Å². The number of anilines is 1. The van der Waals surface area contributed by atoms with E-state index in [-0.39, 0.29) is 46.7 Å². The van der Waals surface area contributed by atoms with Crippen LogP contribution in [-0.2, 0) is 11.3 Å². The molecular formula is C26H30N6O4. The number of aromatic nitrogens is 4. The average molecular weight is 491 g/mol. The van der Waals surface area contributed by atoms with Gasteiger partial charge >= 0.3 is 5.69 Å². The van der Waals surface area contributed by atoms with Crippen LogP contribution in [0.15, 0.2) is 52.1 Å². The van der Waals surface area contributed by atoms with Crippen molar-refractivity contribution in [2.45, 2.75) is 47.2 Å². The normalized spacial score (nSPS) is 11.5. The van der Waals surface area contributed by atoms with Gasteiger partial charge in [0.25, 0.3) is 11.5 Å². The highest BCUT2D eigenvalue weighted by Crippen LogP contribution is 2.17. The first-order valence-electron chi connectivity index (χ1n) is 11.9. The standard InChI is InChI=1S/C26H30N6O4/c1-15(2)13-27-23(34)18-9-10-20-21(12-18)32-25(31(16(3)4)24(20)35)29-30(26(32)36)14-22(33)28-19-8-6-7-17(5)11-19/h6-12,15-16H,13-14H2,1-5H3,(H,27,34)(H,28,33). The first kappa shape index (κ1) is 24.9. The van der Waals surface area contributed by atoms with Crippen LogP contribution < -0.4 is 21.9 Å². The molecule has 2 N–H and O–H groups in total. The molecule has 2 aromatic carbocycles. The minimum absolute atomic E-state index is 0.107. The van der Waals surface area contributed by atoms with Crippen molar-refractivity contribution in [2.75, 3.05) is 11.9 Å². The molecule has 0 aliphatic rings. The fraction of sp³-hybridized carbons (Fsp3) is 0.346. The number of nitrogens with one attached hydrogen (secondary N) is 2. The fourth-order valence-electron chi connectivity index (χ4n) is 4.05. The zero-order chi connectivity index (χ0) is 26.1. The second kappa shape index (κ2) is 9.80. The summed E-state index contributed by atoms with van der Waals surface area (Å²) in [7, 11) is 0. The van der Waals surface area contributed by atoms with Gasteiger partial charge in [-0.1, -0.05) is 26.0 Å². The van der Waals surface area contributed by atoms with E-state index in [0.717, 1.165) is 10.2 Å². The van der Waals surface area contributed by atoms with Crippen LogP contribution in [0.3, 0.4) is 0 Å². The maximum absolute atomic E-state index is 13.4. The first-order chi connectivity index (χ1) is 17.1. The number of carbonyl (C=O) groups excluding carboxylic acids is 2. The minimum Gasteiger partial charge on any atom is -0.352 e. The van der Waals surface area contributed by atoms with Crippen LogP contribution in [0.25, 0.3) is 16.7 Å². The third-order valence-corrected chi connectivity index (χ3v) is 5.77. The number of hydrogen-bond donors (Lipinski definition) is 2. The Kier molecular flexibility index (Phi) is 6.78. The van der Waals surface area contributed by atoms with Crippen molar-refractivity contribution in [1.29, 1.82) is 0 Å². The molecule has 188 valence electrons. The molecule has 0 aliphatic carbocycles. The highest BCUT2D eigenvalue weighted by molar-refractivity contribution is 5.98. The van der Waals surface area contributed by atoms with E-state index in [0.29, 0.717) is 17.8 Å². The molecule has 0 atom stereocenters. The lowest BCUT2D eigenvalue weighted by atomic mass is 10.1. The van der Waals surface area contributed by atoms with E-state index in [1.54, 1.807) is 18.2 Å². The van der Waals surface area contributed by atoms with E-state index in [2.05, 4.69) is 15.7 Å². The number of benzene rings is 2. The molecule has 10 nitrogen and oxygen atoms in total. The van der Waals surface area contributed by atoms with Gasteiger partial charge in [-0.15, -0.1) is 5.10 Å². The molecule has 10 heteroatoms. The lowest BCUT2D eigenvalue weighted by molar-refractivity contribution is -0.117. The molecule has 0 saturated heterocycles. The van der Waals surface area contributed by atoms with Crippen molar-refractivity contribution in [3.05, 3.63) is 74.4 Å². The molecule has 0 saturated carbocycles. The van der Waals surface area contributed by atoms with Crippen LogP contribution in [0.4, 0.5) is 5.69 Å². The zero-order valence-electron chi connectivity index (χ0n) is 21.0. The number of fused-ring (bicyclic) bond motifs is 3. The third kappa shape index (κ3) is 4.79. The van der Waals surface area contributed by atoms with E-state index in [1.807, 2.05) is 52.8 Å². The molecule has 0 fully saturated rings. The molecule has 2 amide bonds. The third-order valence-electron chi connectivity index (χ3n) is 5.77. The van der Waals surface area contributed by atoms with Crippen LogP contribution >= 0.6 is 0 Å². The summed E-state index contributed by atoms with van der Waals surface area (Å²) in [6.45, 7) is 9.68. The summed E-state index contributed by atoms with van der Waals surface area (Å²) >= 11 is 0. The van der Waals surface area contributed by atoms with Crippen LogP contribution in [0.5, 0.6) is 0 Å². The van der Waals surface area contributed by atoms with Gasteiger partial charge in [0.2, 0.25) is 11.7 Å². The first-order valence-corrected chi connectivity index (χ1v) is 11.9. The molecule has 0 radical (unpaired) electrons. The summed E-state index contributed by atoms with van der Waals surface area (Å²) in [4.78, 5) is 52.1. The van der Waals surface area contributed by atoms with Crippen molar-refractivity contribution in [1.82, 2.24) is 24.1 Å². The van der Waals surface area contributed by atoms with Gasteiger partial charge in [-0.3, -0.25) is 19.0 Å². The van der Waals surface area contributed by atoms with Crippen molar-refractivity contribution >= 4 is 34.2 Å². The number of amides is 2. The fourth-order valence-corrected chi connectivity index (χ4v) is 4.05. The predicted octanol–water partition coefficient (Wildman–Crippen LogP) is 2.72. The molecule has 36 heavy (non-hydrogen) atoms. The van der Waals surface area contributed by atoms with Gasteiger partial charge < -0.3 is 10.6 Å². The number of carbonyl (C=O) groups is 2. The van der Waals surface area contributed by atoms with Gasteiger partial charge in [0.05, 0.1) is 10.9 Å². The Morgan fingerprint density at radius 1 is 1.03 bits per heavy atom. The van der Waals surface area contributed by atoms with Crippen LogP contribution in [0.1, 0.15) is 49.7 Å². The predicted molar refractivity (Wildman–Crippen MR) is 139 cm³/mol. The Labute approximate surface area is 207 Å². The van der Waals surface area contributed by atoms with Gasteiger partial charge in [0.15, 0.2) is 0 Å². The van der Waals surface area contributed by atoms with Crippen molar-refractivity contribution in [2.24, 2.45) is 5.92 Å². The highest BCUT2D eigenvalue weighted by Gasteiger charge is 2.21. The summed E-state index contributed by atoms with van der Waals surface area (Å²) in [5, 5.41) is 10.2. The molecule has 2 heterocycles. The van der Waals surface area contributed by atoms with E-state index < -0.39 is 11.6 Å². The number of nitrogens with zero attached hydrogens (tertiary/aromatic N) is 4. The average Bonchev–Trinajstić information content (AvgIpc) is 3.12. The Bertz CT molecular complexity index is 1590. The topological polar surface area (TPSA) is 120 Å². The van der Waals surface area contributed by atoms with Crippen LogP contribution in [0.2, 0.25) is 0 Å². The summed E-state index contributed by atoms with van der Waals surface area (Å²) < 4.78 is 3.73. The maximum Gasteiger partial charge on any atom is 0.352 e. The highest BCUT2D eigenvalue weighted by atomic mass is 16.2. The Hall–Kier alpha value is -4.21. The molecule has 4 rings (SSSR count). The molecule has 4 aromatic rings. The molecule has 0 unspecified atom stereocenters. The SMILES string of the molecule is Cc1cccc(NC(=O)Cn2nc3n(C(C)C)c(=O)c4ccc(C(=O)NCC(C)C)cc4n3c2=O)c1. The van der Waals surface area contributed by atoms with E-state index in [4.69, 9.17) is 0 Å². The number of aryl methyl sites for hydroxylation is 1. The molecule has 0 aliphatic heterocycles. The summed E-state index contributed by atoms with van der Waals surface area (Å²) in [5.41, 5.74) is 1.27. The Morgan fingerprint density at radius 2 is 1.78 bits per heavy atom. The second-order valence-electron chi connectivity index (χ2n) is 9.60. The van der Waals surface area contributed by atoms with E-state index in [9.17, 15) is 19.2 Å². The van der Waals surface area contributed by atoms with Gasteiger partial charge in [-0.2, -0.15) is 0 Å². The lowest BCUT2D eigenvalue weighted by Gasteiger charge is -2.13. The maximum atomic E-state index is 13.4. The Morgan fingerprint density at radius 3 is 2.44 bits per heavy atom. The van der Waals surface area contributed by atoms with Crippen LogP contribution in [0, 0.1) is 12.8 Å². The molecular weight excluding hydrogens is 460 g/mol. The number of rotatable bonds is 7. The monoisotopic (exact) mass is 490 g/mol. The van der Waals surface area contributed by atoms with Gasteiger partial charge in [-0.05, 0) is 62.6 Å². The summed E-state index contributed by atoms with van der Waals surface area (Å²) in [6.07, 6.45) is 0. The number of hydrogen-bond acceptors (Lipinski definition) is 5. The quantitative estimate of drug-likeness (QED) is 0.413. The van der Waals surface area contributed by atoms with Crippen molar-refractivity contribution < 1.29 is 9.59 Å².